The molecule has 12 heavy (non-hydrogen) atoms. The predicted molar refractivity (Wildman–Crippen MR) is 44.9 cm³/mol. The largest absolute Gasteiger partial charge is 0.207 e. The van der Waals surface area contributed by atoms with Crippen LogP contribution in [0.5, 0.6) is 0 Å². The van der Waals surface area contributed by atoms with Gasteiger partial charge in [0.2, 0.25) is 0 Å². The van der Waals surface area contributed by atoms with Crippen molar-refractivity contribution in [1.82, 2.24) is 0 Å². The molecule has 0 saturated heterocycles. The first kappa shape index (κ1) is 8.91. The Kier molecular flexibility index (Phi) is 2.58. The molecule has 0 N–H and O–H groups in total. The lowest BCUT2D eigenvalue weighted by atomic mass is 10.1. The van der Waals surface area contributed by atoms with E-state index in [0.717, 1.165) is 11.6 Å². The summed E-state index contributed by atoms with van der Waals surface area (Å²) in [5.41, 5.74) is 1.35. The third-order valence-corrected chi connectivity index (χ3v) is 1.51. The summed E-state index contributed by atoms with van der Waals surface area (Å²) in [4.78, 5) is 0. The number of hydrogen-bond donors (Lipinski definition) is 0. The highest BCUT2D eigenvalue weighted by atomic mass is 19.1. The molecule has 64 valence electrons. The number of hydrogen-bond acceptors (Lipinski definition) is 0. The smallest absolute Gasteiger partial charge is 0.129 e. The Bertz CT molecular complexity index is 303. The number of benzene rings is 1. The van der Waals surface area contributed by atoms with Crippen LogP contribution in [0.25, 0.3) is 0 Å². The van der Waals surface area contributed by atoms with Crippen LogP contribution in [-0.4, -0.2) is 0 Å². The van der Waals surface area contributed by atoms with Crippen LogP contribution < -0.4 is 0 Å². The van der Waals surface area contributed by atoms with Crippen molar-refractivity contribution in [3.63, 3.8) is 0 Å². The van der Waals surface area contributed by atoms with Gasteiger partial charge in [0.05, 0.1) is 0 Å². The molecular formula is C10H10F2. The first-order valence-electron chi connectivity index (χ1n) is 3.68. The zero-order valence-electron chi connectivity index (χ0n) is 6.90. The van der Waals surface area contributed by atoms with Crippen molar-refractivity contribution in [1.29, 1.82) is 0 Å². The third-order valence-electron chi connectivity index (χ3n) is 1.51. The van der Waals surface area contributed by atoms with Crippen molar-refractivity contribution in [2.75, 3.05) is 0 Å². The minimum absolute atomic E-state index is 0.464. The molecule has 0 aromatic heterocycles. The van der Waals surface area contributed by atoms with Crippen LogP contribution in [0.3, 0.4) is 0 Å². The lowest BCUT2D eigenvalue weighted by Gasteiger charge is -2.01. The fraction of sp³-hybridized carbons (Fsp3) is 0.200. The van der Waals surface area contributed by atoms with Crippen LogP contribution in [0.4, 0.5) is 8.78 Å². The van der Waals surface area contributed by atoms with E-state index in [9.17, 15) is 8.78 Å². The Hall–Kier alpha value is -1.18. The number of halogens is 2. The van der Waals surface area contributed by atoms with Crippen molar-refractivity contribution in [2.45, 2.75) is 13.3 Å². The maximum Gasteiger partial charge on any atom is 0.129 e. The van der Waals surface area contributed by atoms with Crippen molar-refractivity contribution in [3.05, 3.63) is 47.5 Å². The maximum atomic E-state index is 12.9. The van der Waals surface area contributed by atoms with Crippen LogP contribution >= 0.6 is 0 Å². The second-order valence-electron chi connectivity index (χ2n) is 2.87. The van der Waals surface area contributed by atoms with Gasteiger partial charge < -0.3 is 0 Å². The van der Waals surface area contributed by atoms with Gasteiger partial charge in [0.25, 0.3) is 0 Å². The van der Waals surface area contributed by atoms with Crippen LogP contribution in [0.1, 0.15) is 12.5 Å². The van der Waals surface area contributed by atoms with Gasteiger partial charge in [-0.15, -0.1) is 0 Å². The molecule has 0 aliphatic rings. The van der Waals surface area contributed by atoms with Crippen molar-refractivity contribution in [2.24, 2.45) is 0 Å². The van der Waals surface area contributed by atoms with Crippen LogP contribution in [0, 0.1) is 11.6 Å². The van der Waals surface area contributed by atoms with E-state index in [1.54, 1.807) is 0 Å². The summed E-state index contributed by atoms with van der Waals surface area (Å²) in [6.07, 6.45) is 0.464. The molecule has 1 aromatic carbocycles. The Balaban J connectivity index is 2.93. The highest BCUT2D eigenvalue weighted by molar-refractivity contribution is 5.22. The van der Waals surface area contributed by atoms with Gasteiger partial charge in [0, 0.05) is 6.07 Å². The van der Waals surface area contributed by atoms with E-state index in [1.165, 1.54) is 12.1 Å². The lowest BCUT2D eigenvalue weighted by Crippen LogP contribution is -1.91. The predicted octanol–water partition coefficient (Wildman–Crippen LogP) is 3.08. The number of rotatable bonds is 2. The normalized spacial score (nSPS) is 9.92. The van der Waals surface area contributed by atoms with Crippen molar-refractivity contribution >= 4 is 0 Å². The van der Waals surface area contributed by atoms with Crippen LogP contribution in [-0.2, 0) is 6.42 Å². The van der Waals surface area contributed by atoms with Gasteiger partial charge in [0.1, 0.15) is 11.6 Å². The monoisotopic (exact) mass is 168 g/mol. The summed E-state index contributed by atoms with van der Waals surface area (Å²) < 4.78 is 25.4. The molecule has 0 heterocycles. The molecule has 0 saturated carbocycles. The summed E-state index contributed by atoms with van der Waals surface area (Å²) in [7, 11) is 0. The van der Waals surface area contributed by atoms with Gasteiger partial charge in [-0.1, -0.05) is 18.2 Å². The van der Waals surface area contributed by atoms with E-state index in [1.807, 2.05) is 6.92 Å². The molecule has 0 aliphatic heterocycles. The first-order valence-corrected chi connectivity index (χ1v) is 3.68. The molecule has 0 aliphatic carbocycles. The summed E-state index contributed by atoms with van der Waals surface area (Å²) in [6.45, 7) is 5.46. The van der Waals surface area contributed by atoms with Gasteiger partial charge in [0.15, 0.2) is 0 Å². The standard InChI is InChI=1S/C10H10F2/c1-7(2)5-8-3-4-9(11)6-10(8)12/h3-4,6H,1,5H2,2H3. The molecule has 0 amide bonds. The third kappa shape index (κ3) is 2.16. The highest BCUT2D eigenvalue weighted by Crippen LogP contribution is 2.12. The quantitative estimate of drug-likeness (QED) is 0.595. The molecule has 0 spiro atoms. The highest BCUT2D eigenvalue weighted by Gasteiger charge is 2.02. The zero-order valence-corrected chi connectivity index (χ0v) is 6.90. The molecule has 1 aromatic rings. The maximum absolute atomic E-state index is 12.9. The Labute approximate surface area is 70.5 Å². The fourth-order valence-electron chi connectivity index (χ4n) is 0.990. The topological polar surface area (TPSA) is 0 Å². The summed E-state index contributed by atoms with van der Waals surface area (Å²) in [5, 5.41) is 0. The minimum atomic E-state index is -0.544. The Morgan fingerprint density at radius 3 is 2.58 bits per heavy atom. The van der Waals surface area contributed by atoms with E-state index < -0.39 is 11.6 Å². The zero-order chi connectivity index (χ0) is 9.14. The summed E-state index contributed by atoms with van der Waals surface area (Å²) in [5.74, 6) is -1.05. The fourth-order valence-corrected chi connectivity index (χ4v) is 0.990. The Morgan fingerprint density at radius 1 is 1.42 bits per heavy atom. The summed E-state index contributed by atoms with van der Waals surface area (Å²) >= 11 is 0. The first-order chi connectivity index (χ1) is 5.59. The van der Waals surface area contributed by atoms with E-state index >= 15 is 0 Å². The molecular weight excluding hydrogens is 158 g/mol. The number of allylic oxidation sites excluding steroid dienone is 1. The lowest BCUT2D eigenvalue weighted by molar-refractivity contribution is 0.574. The van der Waals surface area contributed by atoms with Gasteiger partial charge in [-0.2, -0.15) is 0 Å². The van der Waals surface area contributed by atoms with Crippen LogP contribution in [0.15, 0.2) is 30.4 Å². The van der Waals surface area contributed by atoms with Gasteiger partial charge in [-0.05, 0) is 25.0 Å². The van der Waals surface area contributed by atoms with Crippen molar-refractivity contribution < 1.29 is 8.78 Å². The second kappa shape index (κ2) is 3.48. The SMILES string of the molecule is C=C(C)Cc1ccc(F)cc1F. The van der Waals surface area contributed by atoms with Gasteiger partial charge in [-0.25, -0.2) is 8.78 Å². The van der Waals surface area contributed by atoms with Crippen LogP contribution in [0.2, 0.25) is 0 Å². The molecule has 2 heteroatoms. The molecule has 0 bridgehead atoms. The molecule has 1 rings (SSSR count). The van der Waals surface area contributed by atoms with E-state index in [2.05, 4.69) is 6.58 Å². The summed E-state index contributed by atoms with van der Waals surface area (Å²) in [6, 6.07) is 3.58. The van der Waals surface area contributed by atoms with E-state index in [0.29, 0.717) is 12.0 Å². The van der Waals surface area contributed by atoms with E-state index in [4.69, 9.17) is 0 Å². The minimum Gasteiger partial charge on any atom is -0.207 e. The Morgan fingerprint density at radius 2 is 2.08 bits per heavy atom. The molecule has 0 atom stereocenters. The van der Waals surface area contributed by atoms with Crippen molar-refractivity contribution in [3.8, 4) is 0 Å². The van der Waals surface area contributed by atoms with Gasteiger partial charge >= 0.3 is 0 Å². The van der Waals surface area contributed by atoms with Gasteiger partial charge in [-0.3, -0.25) is 0 Å². The average molecular weight is 168 g/mol. The molecule has 0 unspecified atom stereocenters. The molecule has 0 radical (unpaired) electrons. The molecule has 0 nitrogen and oxygen atoms in total. The molecule has 0 fully saturated rings. The van der Waals surface area contributed by atoms with E-state index in [-0.39, 0.29) is 0 Å². The average Bonchev–Trinajstić information content (AvgIpc) is 1.94. The second-order valence-corrected chi connectivity index (χ2v) is 2.87.